The quantitative estimate of drug-likeness (QED) is 0.796. The van der Waals surface area contributed by atoms with E-state index in [1.807, 2.05) is 20.8 Å². The van der Waals surface area contributed by atoms with Gasteiger partial charge < -0.3 is 15.4 Å². The van der Waals surface area contributed by atoms with Gasteiger partial charge >= 0.3 is 0 Å². The normalized spacial score (nSPS) is 16.5. The molecule has 0 radical (unpaired) electrons. The first-order valence-electron chi connectivity index (χ1n) is 7.91. The van der Waals surface area contributed by atoms with Crippen LogP contribution in [0.1, 0.15) is 69.2 Å². The molecule has 1 fully saturated rings. The molecule has 0 saturated heterocycles. The van der Waals surface area contributed by atoms with E-state index in [1.54, 1.807) is 0 Å². The minimum atomic E-state index is -0.678. The molecule has 1 aliphatic rings. The monoisotopic (exact) mass is 307 g/mol. The molecule has 1 saturated carbocycles. The van der Waals surface area contributed by atoms with Crippen LogP contribution in [0, 0.1) is 5.92 Å². The van der Waals surface area contributed by atoms with Gasteiger partial charge in [-0.2, -0.15) is 0 Å². The molecule has 6 heteroatoms. The van der Waals surface area contributed by atoms with Crippen molar-refractivity contribution in [1.29, 1.82) is 0 Å². The van der Waals surface area contributed by atoms with E-state index in [1.165, 1.54) is 19.3 Å². The average Bonchev–Trinajstić information content (AvgIpc) is 2.47. The topological polar surface area (TPSA) is 95.1 Å². The highest BCUT2D eigenvalue weighted by Gasteiger charge is 2.24. The van der Waals surface area contributed by atoms with Crippen LogP contribution in [0.4, 0.5) is 0 Å². The summed E-state index contributed by atoms with van der Waals surface area (Å²) in [6.45, 7) is 6.21. The molecule has 2 rings (SSSR count). The lowest BCUT2D eigenvalue weighted by Crippen LogP contribution is -2.33. The molecule has 1 aromatic rings. The molecule has 3 N–H and O–H groups in total. The van der Waals surface area contributed by atoms with Gasteiger partial charge in [0.2, 0.25) is 5.75 Å². The Bertz CT molecular complexity index is 596. The third-order valence-electron chi connectivity index (χ3n) is 4.10. The number of amides is 1. The van der Waals surface area contributed by atoms with Crippen molar-refractivity contribution in [3.8, 4) is 5.75 Å². The Labute approximate surface area is 130 Å². The first-order valence-corrected chi connectivity index (χ1v) is 7.91. The second-order valence-corrected chi connectivity index (χ2v) is 7.08. The lowest BCUT2D eigenvalue weighted by molar-refractivity contribution is 0.0934. The number of nitrogens with one attached hydrogen (secondary N) is 2. The molecule has 0 unspecified atom stereocenters. The molecule has 0 bridgehead atoms. The molecule has 0 aromatic carbocycles. The van der Waals surface area contributed by atoms with Gasteiger partial charge in [-0.1, -0.05) is 40.0 Å². The predicted molar refractivity (Wildman–Crippen MR) is 84.1 cm³/mol. The van der Waals surface area contributed by atoms with Crippen LogP contribution in [0.3, 0.4) is 0 Å². The van der Waals surface area contributed by atoms with Gasteiger partial charge in [0, 0.05) is 12.0 Å². The molecule has 6 nitrogen and oxygen atoms in total. The maximum atomic E-state index is 12.3. The van der Waals surface area contributed by atoms with Crippen molar-refractivity contribution < 1.29 is 9.90 Å². The van der Waals surface area contributed by atoms with Gasteiger partial charge in [0.1, 0.15) is 5.82 Å². The number of rotatable bonds is 3. The third-order valence-corrected chi connectivity index (χ3v) is 4.10. The molecular weight excluding hydrogens is 282 g/mol. The number of H-pyrrole nitrogens is 1. The largest absolute Gasteiger partial charge is 0.501 e. The molecule has 22 heavy (non-hydrogen) atoms. The van der Waals surface area contributed by atoms with E-state index in [0.29, 0.717) is 18.3 Å². The van der Waals surface area contributed by atoms with Gasteiger partial charge in [-0.05, 0) is 18.8 Å². The summed E-state index contributed by atoms with van der Waals surface area (Å²) in [5.74, 6) is -0.240. The Morgan fingerprint density at radius 2 is 1.95 bits per heavy atom. The van der Waals surface area contributed by atoms with Crippen molar-refractivity contribution >= 4 is 5.91 Å². The molecule has 0 spiro atoms. The summed E-state index contributed by atoms with van der Waals surface area (Å²) >= 11 is 0. The number of aromatic hydroxyl groups is 1. The van der Waals surface area contributed by atoms with Crippen LogP contribution >= 0.6 is 0 Å². The third kappa shape index (κ3) is 3.87. The van der Waals surface area contributed by atoms with Crippen molar-refractivity contribution in [3.63, 3.8) is 0 Å². The second kappa shape index (κ2) is 6.50. The van der Waals surface area contributed by atoms with Gasteiger partial charge in [0.05, 0.1) is 0 Å². The molecule has 1 aromatic heterocycles. The summed E-state index contributed by atoms with van der Waals surface area (Å²) in [6, 6.07) is 0. The van der Waals surface area contributed by atoms with E-state index in [2.05, 4.69) is 15.3 Å². The van der Waals surface area contributed by atoms with Crippen LogP contribution in [0.15, 0.2) is 4.79 Å². The van der Waals surface area contributed by atoms with Gasteiger partial charge in [0.15, 0.2) is 5.69 Å². The zero-order valence-corrected chi connectivity index (χ0v) is 13.5. The number of aromatic amines is 1. The van der Waals surface area contributed by atoms with Crippen LogP contribution in [0.5, 0.6) is 5.75 Å². The molecular formula is C16H25N3O3. The van der Waals surface area contributed by atoms with Crippen LogP contribution in [0.25, 0.3) is 0 Å². The van der Waals surface area contributed by atoms with Crippen molar-refractivity contribution in [2.45, 2.75) is 58.3 Å². The summed E-state index contributed by atoms with van der Waals surface area (Å²) in [6.07, 6.45) is 5.88. The molecule has 1 amide bonds. The first-order chi connectivity index (χ1) is 10.3. The SMILES string of the molecule is CC(C)(C)c1nc(C(=O)NCC2CCCCC2)c(O)c(=O)[nH]1. The smallest absolute Gasteiger partial charge is 0.293 e. The Balaban J connectivity index is 2.14. The van der Waals surface area contributed by atoms with Gasteiger partial charge in [-0.15, -0.1) is 0 Å². The summed E-state index contributed by atoms with van der Waals surface area (Å²) in [5, 5.41) is 12.6. The van der Waals surface area contributed by atoms with E-state index in [-0.39, 0.29) is 5.69 Å². The van der Waals surface area contributed by atoms with Crippen LogP contribution in [0.2, 0.25) is 0 Å². The van der Waals surface area contributed by atoms with Crippen LogP contribution < -0.4 is 10.9 Å². The highest BCUT2D eigenvalue weighted by molar-refractivity contribution is 5.94. The Kier molecular flexibility index (Phi) is 4.88. The number of hydrogen-bond acceptors (Lipinski definition) is 4. The second-order valence-electron chi connectivity index (χ2n) is 7.08. The van der Waals surface area contributed by atoms with E-state index in [9.17, 15) is 14.7 Å². The summed E-state index contributed by atoms with van der Waals surface area (Å²) in [5.41, 5.74) is -1.28. The summed E-state index contributed by atoms with van der Waals surface area (Å²) in [4.78, 5) is 30.7. The van der Waals surface area contributed by atoms with Gasteiger partial charge in [-0.3, -0.25) is 9.59 Å². The minimum Gasteiger partial charge on any atom is -0.501 e. The lowest BCUT2D eigenvalue weighted by atomic mass is 9.89. The predicted octanol–water partition coefficient (Wildman–Crippen LogP) is 2.08. The fraction of sp³-hybridized carbons (Fsp3) is 0.688. The lowest BCUT2D eigenvalue weighted by Gasteiger charge is -2.22. The number of nitrogens with zero attached hydrogens (tertiary/aromatic N) is 1. The molecule has 0 aliphatic heterocycles. The standard InChI is InChI=1S/C16H25N3O3/c1-16(2,3)15-18-11(12(20)14(22)19-15)13(21)17-9-10-7-5-4-6-8-10/h10,20H,4-9H2,1-3H3,(H,17,21)(H,18,19,22). The maximum absolute atomic E-state index is 12.3. The van der Waals surface area contributed by atoms with Gasteiger partial charge in [0.25, 0.3) is 11.5 Å². The maximum Gasteiger partial charge on any atom is 0.293 e. The number of carbonyl (C=O) groups is 1. The van der Waals surface area contributed by atoms with Crippen LogP contribution in [-0.4, -0.2) is 27.5 Å². The highest BCUT2D eigenvalue weighted by Crippen LogP contribution is 2.23. The van der Waals surface area contributed by atoms with Gasteiger partial charge in [-0.25, -0.2) is 4.98 Å². The summed E-state index contributed by atoms with van der Waals surface area (Å²) in [7, 11) is 0. The Hall–Kier alpha value is -1.85. The van der Waals surface area contributed by atoms with E-state index >= 15 is 0 Å². The highest BCUT2D eigenvalue weighted by atomic mass is 16.3. The van der Waals surface area contributed by atoms with Crippen molar-refractivity contribution in [2.75, 3.05) is 6.54 Å². The Morgan fingerprint density at radius 3 is 2.55 bits per heavy atom. The minimum absolute atomic E-state index is 0.190. The van der Waals surface area contributed by atoms with Crippen molar-refractivity contribution in [2.24, 2.45) is 5.92 Å². The van der Waals surface area contributed by atoms with E-state index in [0.717, 1.165) is 12.8 Å². The zero-order chi connectivity index (χ0) is 16.3. The van der Waals surface area contributed by atoms with Crippen molar-refractivity contribution in [3.05, 3.63) is 21.9 Å². The fourth-order valence-electron chi connectivity index (χ4n) is 2.69. The molecule has 0 atom stereocenters. The Morgan fingerprint density at radius 1 is 1.32 bits per heavy atom. The fourth-order valence-corrected chi connectivity index (χ4v) is 2.69. The molecule has 1 aliphatic carbocycles. The molecule has 1 heterocycles. The van der Waals surface area contributed by atoms with E-state index in [4.69, 9.17) is 0 Å². The number of aromatic nitrogens is 2. The summed E-state index contributed by atoms with van der Waals surface area (Å²) < 4.78 is 0. The number of carbonyl (C=O) groups excluding carboxylic acids is 1. The molecule has 122 valence electrons. The van der Waals surface area contributed by atoms with E-state index < -0.39 is 22.6 Å². The number of hydrogen-bond donors (Lipinski definition) is 3. The van der Waals surface area contributed by atoms with Crippen molar-refractivity contribution in [1.82, 2.24) is 15.3 Å². The first kappa shape index (κ1) is 16.5. The van der Waals surface area contributed by atoms with Crippen LogP contribution in [-0.2, 0) is 5.41 Å². The zero-order valence-electron chi connectivity index (χ0n) is 13.5. The average molecular weight is 307 g/mol.